The summed E-state index contributed by atoms with van der Waals surface area (Å²) in [5.41, 5.74) is 9.96. The molecule has 3 heteroatoms. The molecule has 0 atom stereocenters. The van der Waals surface area contributed by atoms with Gasteiger partial charge in [0.15, 0.2) is 0 Å². The smallest absolute Gasteiger partial charge is 0.124 e. The minimum atomic E-state index is -0.278. The summed E-state index contributed by atoms with van der Waals surface area (Å²) in [7, 11) is 0. The first-order valence-electron chi connectivity index (χ1n) is 7.61. The summed E-state index contributed by atoms with van der Waals surface area (Å²) in [4.78, 5) is 0. The molecule has 0 spiro atoms. The second-order valence-corrected chi connectivity index (χ2v) is 4.25. The lowest BCUT2D eigenvalue weighted by Crippen LogP contribution is -2.07. The van der Waals surface area contributed by atoms with E-state index in [9.17, 15) is 4.39 Å². The van der Waals surface area contributed by atoms with Crippen molar-refractivity contribution in [3.8, 4) is 0 Å². The molecule has 1 aromatic carbocycles. The van der Waals surface area contributed by atoms with Crippen LogP contribution in [0.4, 0.5) is 10.1 Å². The van der Waals surface area contributed by atoms with Gasteiger partial charge in [-0.1, -0.05) is 40.3 Å². The van der Waals surface area contributed by atoms with Crippen LogP contribution in [0.25, 0.3) is 11.1 Å². The summed E-state index contributed by atoms with van der Waals surface area (Å²) < 4.78 is 18.8. The first kappa shape index (κ1) is 19.4. The Kier molecular flexibility index (Phi) is 9.39. The predicted molar refractivity (Wildman–Crippen MR) is 91.6 cm³/mol. The molecule has 118 valence electrons. The molecule has 0 fully saturated rings. The zero-order valence-corrected chi connectivity index (χ0v) is 13.9. The lowest BCUT2D eigenvalue weighted by Gasteiger charge is -2.17. The number of rotatable bonds is 2. The van der Waals surface area contributed by atoms with Crippen molar-refractivity contribution in [2.24, 2.45) is 0 Å². The molecular formula is C18H28FNO. The summed E-state index contributed by atoms with van der Waals surface area (Å²) in [5, 5.41) is 0. The van der Waals surface area contributed by atoms with Gasteiger partial charge in [0.05, 0.1) is 13.2 Å². The van der Waals surface area contributed by atoms with E-state index in [-0.39, 0.29) is 5.82 Å². The van der Waals surface area contributed by atoms with E-state index < -0.39 is 0 Å². The highest BCUT2D eigenvalue weighted by Crippen LogP contribution is 2.32. The fraction of sp³-hybridized carbons (Fsp3) is 0.444. The van der Waals surface area contributed by atoms with E-state index in [1.807, 2.05) is 40.7 Å². The number of halogens is 1. The number of allylic oxidation sites excluding steroid dienone is 1. The van der Waals surface area contributed by atoms with Crippen molar-refractivity contribution in [3.63, 3.8) is 0 Å². The zero-order chi connectivity index (χ0) is 16.4. The van der Waals surface area contributed by atoms with Crippen molar-refractivity contribution < 1.29 is 9.13 Å². The van der Waals surface area contributed by atoms with Crippen LogP contribution in [0, 0.1) is 5.82 Å². The summed E-state index contributed by atoms with van der Waals surface area (Å²) in [6.07, 6.45) is 2.72. The number of benzene rings is 1. The quantitative estimate of drug-likeness (QED) is 0.751. The second kappa shape index (κ2) is 10.2. The van der Waals surface area contributed by atoms with Gasteiger partial charge >= 0.3 is 0 Å². The Balaban J connectivity index is 0.000000921. The average Bonchev–Trinajstić information content (AvgIpc) is 2.54. The Morgan fingerprint density at radius 3 is 2.33 bits per heavy atom. The lowest BCUT2D eigenvalue weighted by molar-refractivity contribution is 0.161. The third-order valence-electron chi connectivity index (χ3n) is 2.91. The van der Waals surface area contributed by atoms with Crippen LogP contribution >= 0.6 is 0 Å². The Morgan fingerprint density at radius 1 is 1.24 bits per heavy atom. The maximum Gasteiger partial charge on any atom is 0.124 e. The normalized spacial score (nSPS) is 13.1. The molecule has 0 amide bonds. The number of ether oxygens (including phenoxy) is 1. The van der Waals surface area contributed by atoms with Gasteiger partial charge in [-0.2, -0.15) is 0 Å². The predicted octanol–water partition coefficient (Wildman–Crippen LogP) is 5.30. The minimum absolute atomic E-state index is 0.278. The molecule has 1 aliphatic heterocycles. The Hall–Kier alpha value is -1.61. The fourth-order valence-electron chi connectivity index (χ4n) is 2.01. The summed E-state index contributed by atoms with van der Waals surface area (Å²) in [6.45, 7) is 14.9. The van der Waals surface area contributed by atoms with Gasteiger partial charge in [-0.05, 0) is 36.6 Å². The summed E-state index contributed by atoms with van der Waals surface area (Å²) in [5.74, 6) is -0.278. The van der Waals surface area contributed by atoms with Crippen molar-refractivity contribution >= 4 is 16.8 Å². The highest BCUT2D eigenvalue weighted by Gasteiger charge is 2.14. The molecule has 21 heavy (non-hydrogen) atoms. The fourth-order valence-corrected chi connectivity index (χ4v) is 2.01. The van der Waals surface area contributed by atoms with Crippen molar-refractivity contribution in [1.29, 1.82) is 0 Å². The van der Waals surface area contributed by atoms with Gasteiger partial charge in [-0.25, -0.2) is 4.39 Å². The van der Waals surface area contributed by atoms with E-state index in [2.05, 4.69) is 6.58 Å². The van der Waals surface area contributed by atoms with Crippen LogP contribution < -0.4 is 5.73 Å². The molecule has 0 aromatic heterocycles. The van der Waals surface area contributed by atoms with Gasteiger partial charge in [0.2, 0.25) is 0 Å². The Labute approximate surface area is 128 Å². The minimum Gasteiger partial charge on any atom is -0.398 e. The van der Waals surface area contributed by atoms with Crippen molar-refractivity contribution in [2.75, 3.05) is 18.9 Å². The number of hydrogen-bond donors (Lipinski definition) is 1. The van der Waals surface area contributed by atoms with Crippen LogP contribution in [0.1, 0.15) is 52.2 Å². The van der Waals surface area contributed by atoms with E-state index in [1.54, 1.807) is 0 Å². The number of nitrogen functional groups attached to an aromatic ring is 1. The standard InChI is InChI=1S/C14H16FNO.2C2H6/c1-9(2)12-7-11(15)8-13(14(12)16)10-3-5-17-6-4-10;2*1-2/h3,7-8H,1,4-6,16H2,2H3;2*1-2H3. The molecule has 0 bridgehead atoms. The molecule has 0 saturated heterocycles. The highest BCUT2D eigenvalue weighted by atomic mass is 19.1. The van der Waals surface area contributed by atoms with Gasteiger partial charge in [-0.3, -0.25) is 0 Å². The summed E-state index contributed by atoms with van der Waals surface area (Å²) >= 11 is 0. The highest BCUT2D eigenvalue weighted by molar-refractivity contribution is 5.84. The molecule has 0 unspecified atom stereocenters. The first-order chi connectivity index (χ1) is 10.1. The molecular weight excluding hydrogens is 265 g/mol. The number of hydrogen-bond acceptors (Lipinski definition) is 2. The van der Waals surface area contributed by atoms with Gasteiger partial charge in [0.1, 0.15) is 5.82 Å². The van der Waals surface area contributed by atoms with Gasteiger partial charge in [0.25, 0.3) is 0 Å². The van der Waals surface area contributed by atoms with Crippen LogP contribution in [0.2, 0.25) is 0 Å². The van der Waals surface area contributed by atoms with Crippen LogP contribution in [0.15, 0.2) is 24.8 Å². The van der Waals surface area contributed by atoms with Crippen LogP contribution in [-0.2, 0) is 4.74 Å². The molecule has 1 heterocycles. The van der Waals surface area contributed by atoms with Crippen molar-refractivity contribution in [1.82, 2.24) is 0 Å². The maximum absolute atomic E-state index is 13.6. The first-order valence-corrected chi connectivity index (χ1v) is 7.61. The van der Waals surface area contributed by atoms with Crippen molar-refractivity contribution in [2.45, 2.75) is 41.0 Å². The molecule has 0 aliphatic carbocycles. The van der Waals surface area contributed by atoms with Crippen molar-refractivity contribution in [3.05, 3.63) is 41.7 Å². The van der Waals surface area contributed by atoms with E-state index in [4.69, 9.17) is 10.5 Å². The third kappa shape index (κ3) is 5.35. The Bertz CT molecular complexity index is 492. The van der Waals surface area contributed by atoms with Crippen LogP contribution in [-0.4, -0.2) is 13.2 Å². The van der Waals surface area contributed by atoms with E-state index in [0.717, 1.165) is 23.1 Å². The van der Waals surface area contributed by atoms with Crippen LogP contribution in [0.5, 0.6) is 0 Å². The molecule has 2 N–H and O–H groups in total. The third-order valence-corrected chi connectivity index (χ3v) is 2.91. The second-order valence-electron chi connectivity index (χ2n) is 4.25. The van der Waals surface area contributed by atoms with Crippen LogP contribution in [0.3, 0.4) is 0 Å². The zero-order valence-electron chi connectivity index (χ0n) is 13.9. The maximum atomic E-state index is 13.6. The molecule has 0 saturated carbocycles. The molecule has 1 aromatic rings. The average molecular weight is 293 g/mol. The lowest BCUT2D eigenvalue weighted by atomic mass is 9.95. The monoisotopic (exact) mass is 293 g/mol. The van der Waals surface area contributed by atoms with E-state index in [1.165, 1.54) is 12.1 Å². The molecule has 2 rings (SSSR count). The van der Waals surface area contributed by atoms with Gasteiger partial charge < -0.3 is 10.5 Å². The van der Waals surface area contributed by atoms with Gasteiger partial charge in [0, 0.05) is 16.8 Å². The van der Waals surface area contributed by atoms with Gasteiger partial charge in [-0.15, -0.1) is 0 Å². The number of nitrogens with two attached hydrogens (primary N) is 1. The molecule has 2 nitrogen and oxygen atoms in total. The summed E-state index contributed by atoms with van der Waals surface area (Å²) in [6, 6.07) is 2.92. The number of anilines is 1. The largest absolute Gasteiger partial charge is 0.398 e. The molecule has 0 radical (unpaired) electrons. The van der Waals surface area contributed by atoms with E-state index >= 15 is 0 Å². The topological polar surface area (TPSA) is 35.2 Å². The SMILES string of the molecule is C=C(C)c1cc(F)cc(C2=CCOCC2)c1N.CC.CC. The van der Waals surface area contributed by atoms with E-state index in [0.29, 0.717) is 24.5 Å². The Morgan fingerprint density at radius 2 is 1.86 bits per heavy atom. The molecule has 1 aliphatic rings.